The molecule has 0 aliphatic heterocycles. The van der Waals surface area contributed by atoms with Crippen LogP contribution in [0.3, 0.4) is 0 Å². The van der Waals surface area contributed by atoms with Crippen LogP contribution in [0.5, 0.6) is 0 Å². The summed E-state index contributed by atoms with van der Waals surface area (Å²) < 4.78 is 0.834. The van der Waals surface area contributed by atoms with Gasteiger partial charge < -0.3 is 16.4 Å². The normalized spacial score (nSPS) is 10.6. The quantitative estimate of drug-likeness (QED) is 0.713. The minimum Gasteiger partial charge on any atom is -0.378 e. The number of carbonyl (C=O) groups excluding carboxylic acids is 1. The molecule has 0 aliphatic rings. The Hall–Kier alpha value is -2.54. The minimum atomic E-state index is -0.818. The van der Waals surface area contributed by atoms with Gasteiger partial charge in [-0.25, -0.2) is 4.79 Å². The number of nitrogens with two attached hydrogens (primary N) is 1. The zero-order valence-corrected chi connectivity index (χ0v) is 12.2. The number of aromatic nitrogens is 2. The molecule has 7 heteroatoms. The number of amides is 1. The van der Waals surface area contributed by atoms with E-state index in [-0.39, 0.29) is 0 Å². The van der Waals surface area contributed by atoms with Crippen LogP contribution in [0.1, 0.15) is 5.56 Å². The number of hydrogen-bond donors (Lipinski definition) is 3. The number of nitrogens with zero attached hydrogens (tertiary/aromatic N) is 2. The van der Waals surface area contributed by atoms with E-state index in [1.54, 1.807) is 0 Å². The number of benzene rings is 1. The molecule has 0 unspecified atom stereocenters. The van der Waals surface area contributed by atoms with Crippen molar-refractivity contribution in [3.8, 4) is 11.3 Å². The molecule has 112 valence electrons. The molecule has 0 radical (unpaired) electrons. The monoisotopic (exact) mass is 290 g/mol. The maximum atomic E-state index is 12.2. The second-order valence-electron chi connectivity index (χ2n) is 4.99. The Morgan fingerprint density at radius 3 is 2.43 bits per heavy atom. The lowest BCUT2D eigenvalue weighted by Crippen LogP contribution is -2.51. The van der Waals surface area contributed by atoms with Gasteiger partial charge in [0.1, 0.15) is 0 Å². The molecule has 0 fully saturated rings. The Morgan fingerprint density at radius 1 is 1.33 bits per heavy atom. The van der Waals surface area contributed by atoms with Crippen molar-refractivity contribution < 1.29 is 10.5 Å². The van der Waals surface area contributed by atoms with Crippen molar-refractivity contribution in [2.75, 3.05) is 25.5 Å². The van der Waals surface area contributed by atoms with E-state index in [9.17, 15) is 9.59 Å². The molecule has 0 spiro atoms. The maximum absolute atomic E-state index is 12.2. The second-order valence-corrected chi connectivity index (χ2v) is 4.99. The Labute approximate surface area is 122 Å². The van der Waals surface area contributed by atoms with E-state index in [2.05, 4.69) is 10.8 Å². The van der Waals surface area contributed by atoms with Gasteiger partial charge in [-0.05, 0) is 12.1 Å². The Bertz CT molecular complexity index is 697. The number of carbonyl (C=O) groups is 1. The van der Waals surface area contributed by atoms with E-state index < -0.39 is 11.6 Å². The molecule has 0 saturated carbocycles. The summed E-state index contributed by atoms with van der Waals surface area (Å²) in [5.74, 6) is 0. The average Bonchev–Trinajstić information content (AvgIpc) is 2.77. The summed E-state index contributed by atoms with van der Waals surface area (Å²) >= 11 is 0. The molecule has 2 aromatic rings. The first-order valence-corrected chi connectivity index (χ1v) is 6.66. The number of rotatable bonds is 4. The summed E-state index contributed by atoms with van der Waals surface area (Å²) in [6, 6.07) is 6.88. The summed E-state index contributed by atoms with van der Waals surface area (Å²) in [4.78, 5) is 25.4. The number of nitrogens with one attached hydrogen (secondary N) is 1. The second kappa shape index (κ2) is 5.84. The van der Waals surface area contributed by atoms with E-state index in [4.69, 9.17) is 5.73 Å². The third kappa shape index (κ3) is 2.82. The topological polar surface area (TPSA) is 112 Å². The van der Waals surface area contributed by atoms with Gasteiger partial charge in [0.2, 0.25) is 0 Å². The van der Waals surface area contributed by atoms with E-state index in [0.29, 0.717) is 24.2 Å². The molecule has 1 aromatic heterocycles. The van der Waals surface area contributed by atoms with E-state index in [0.717, 1.165) is 15.9 Å². The highest BCUT2D eigenvalue weighted by Crippen LogP contribution is 2.22. The zero-order valence-electron chi connectivity index (χ0n) is 12.2. The number of H-pyrrole nitrogens is 1. The molecule has 7 nitrogen and oxygen atoms in total. The van der Waals surface area contributed by atoms with Gasteiger partial charge in [0.25, 0.3) is 5.56 Å². The van der Waals surface area contributed by atoms with Crippen LogP contribution < -0.4 is 21.9 Å². The van der Waals surface area contributed by atoms with Crippen LogP contribution in [0.15, 0.2) is 29.1 Å². The first-order valence-electron chi connectivity index (χ1n) is 6.66. The molecule has 0 aliphatic carbocycles. The summed E-state index contributed by atoms with van der Waals surface area (Å²) in [5.41, 5.74) is 11.6. The van der Waals surface area contributed by atoms with Crippen LogP contribution in [0.25, 0.3) is 11.3 Å². The van der Waals surface area contributed by atoms with E-state index in [1.165, 1.54) is 0 Å². The smallest absolute Gasteiger partial charge is 0.341 e. The van der Waals surface area contributed by atoms with Gasteiger partial charge in [-0.15, -0.1) is 0 Å². The molecule has 6 N–H and O–H groups in total. The highest BCUT2D eigenvalue weighted by Gasteiger charge is 2.18. The average molecular weight is 290 g/mol. The van der Waals surface area contributed by atoms with Gasteiger partial charge in [0, 0.05) is 31.8 Å². The van der Waals surface area contributed by atoms with E-state index in [1.807, 2.05) is 43.3 Å². The van der Waals surface area contributed by atoms with Crippen LogP contribution in [0.4, 0.5) is 10.5 Å². The van der Waals surface area contributed by atoms with Gasteiger partial charge in [0.05, 0.1) is 17.8 Å². The van der Waals surface area contributed by atoms with Crippen molar-refractivity contribution in [2.24, 2.45) is 5.73 Å². The highest BCUT2D eigenvalue weighted by molar-refractivity contribution is 5.76. The lowest BCUT2D eigenvalue weighted by molar-refractivity contribution is -0.366. The maximum Gasteiger partial charge on any atom is 0.341 e. The Morgan fingerprint density at radius 2 is 1.95 bits per heavy atom. The van der Waals surface area contributed by atoms with Crippen molar-refractivity contribution in [3.05, 3.63) is 40.2 Å². The van der Waals surface area contributed by atoms with Crippen LogP contribution in [-0.2, 0) is 6.42 Å². The number of aromatic amines is 1. The third-order valence-corrected chi connectivity index (χ3v) is 3.31. The summed E-state index contributed by atoms with van der Waals surface area (Å²) in [5, 5.41) is 2.79. The molecule has 0 atom stereocenters. The predicted octanol–water partition coefficient (Wildman–Crippen LogP) is -0.379. The van der Waals surface area contributed by atoms with Crippen LogP contribution >= 0.6 is 0 Å². The molecule has 1 heterocycles. The molecular weight excluding hydrogens is 270 g/mol. The highest BCUT2D eigenvalue weighted by atomic mass is 16.2. The Kier molecular flexibility index (Phi) is 4.13. The fourth-order valence-corrected chi connectivity index (χ4v) is 2.20. The lowest BCUT2D eigenvalue weighted by Gasteiger charge is -2.12. The summed E-state index contributed by atoms with van der Waals surface area (Å²) in [7, 11) is 3.91. The standard InChI is InChI=1S/C14H19N5O2/c1-18(2)10-5-3-9(4-6-10)12-11(7-8-15)13(20)19(17-12)14(16)21/h3-6,17H,7-8,15H2,1-2H3,(H2,16,21)/p+1. The first kappa shape index (κ1) is 14.9. The molecule has 21 heavy (non-hydrogen) atoms. The van der Waals surface area contributed by atoms with Gasteiger partial charge in [-0.3, -0.25) is 9.89 Å². The molecule has 2 rings (SSSR count). The summed E-state index contributed by atoms with van der Waals surface area (Å²) in [6.45, 7) is 0.564. The number of quaternary nitrogens is 1. The van der Waals surface area contributed by atoms with E-state index >= 15 is 0 Å². The van der Waals surface area contributed by atoms with Crippen molar-refractivity contribution in [3.63, 3.8) is 0 Å². The first-order chi connectivity index (χ1) is 9.95. The minimum absolute atomic E-state index is 0.405. The zero-order chi connectivity index (χ0) is 15.6. The van der Waals surface area contributed by atoms with Crippen LogP contribution in [-0.4, -0.2) is 36.5 Å². The van der Waals surface area contributed by atoms with Crippen LogP contribution in [0.2, 0.25) is 0 Å². The largest absolute Gasteiger partial charge is 0.378 e. The fraction of sp³-hybridized carbons (Fsp3) is 0.286. The number of hydrogen-bond acceptors (Lipinski definition) is 3. The van der Waals surface area contributed by atoms with Crippen molar-refractivity contribution in [1.29, 1.82) is 0 Å². The number of primary amides is 1. The van der Waals surface area contributed by atoms with Gasteiger partial charge in [0.15, 0.2) is 0 Å². The van der Waals surface area contributed by atoms with Crippen LogP contribution in [0, 0.1) is 0 Å². The van der Waals surface area contributed by atoms with Gasteiger partial charge in [-0.2, -0.15) is 4.68 Å². The molecule has 1 aromatic carbocycles. The Balaban J connectivity index is 2.54. The predicted molar refractivity (Wildman–Crippen MR) is 81.3 cm³/mol. The SMILES string of the molecule is CN(C)c1ccc(-c2[nH]n(C(N)=O)c(=O)c2CC[NH3+])cc1. The molecule has 0 saturated heterocycles. The van der Waals surface area contributed by atoms with Gasteiger partial charge in [-0.1, -0.05) is 12.1 Å². The van der Waals surface area contributed by atoms with Crippen molar-refractivity contribution in [2.45, 2.75) is 6.42 Å². The molecule has 0 bridgehead atoms. The molecule has 1 amide bonds. The van der Waals surface area contributed by atoms with Crippen molar-refractivity contribution >= 4 is 11.7 Å². The van der Waals surface area contributed by atoms with Gasteiger partial charge >= 0.3 is 6.03 Å². The number of anilines is 1. The fourth-order valence-electron chi connectivity index (χ4n) is 2.20. The third-order valence-electron chi connectivity index (χ3n) is 3.31. The lowest BCUT2D eigenvalue weighted by atomic mass is 10.1. The van der Waals surface area contributed by atoms with Crippen molar-refractivity contribution in [1.82, 2.24) is 9.78 Å². The summed E-state index contributed by atoms with van der Waals surface area (Å²) in [6.07, 6.45) is 0.486. The molecular formula is C14H20N5O2+.